The number of aromatic nitrogens is 2. The molecule has 0 spiro atoms. The summed E-state index contributed by atoms with van der Waals surface area (Å²) in [5, 5.41) is 16.3. The number of para-hydroxylation sites is 1. The number of benzene rings is 3. The van der Waals surface area contributed by atoms with Crippen molar-refractivity contribution in [2.45, 2.75) is 13.0 Å². The van der Waals surface area contributed by atoms with Gasteiger partial charge in [0.05, 0.1) is 11.4 Å². The molecule has 0 radical (unpaired) electrons. The van der Waals surface area contributed by atoms with Gasteiger partial charge >= 0.3 is 5.97 Å². The van der Waals surface area contributed by atoms with Crippen LogP contribution in [0.15, 0.2) is 77.3 Å². The molecule has 0 aliphatic carbocycles. The van der Waals surface area contributed by atoms with Crippen molar-refractivity contribution in [3.8, 4) is 34.3 Å². The molecule has 2 N–H and O–H groups in total. The summed E-state index contributed by atoms with van der Waals surface area (Å²) in [7, 11) is 0. The van der Waals surface area contributed by atoms with Gasteiger partial charge in [-0.2, -0.15) is 4.98 Å². The van der Waals surface area contributed by atoms with Crippen molar-refractivity contribution in [1.82, 2.24) is 15.5 Å². The first-order valence-electron chi connectivity index (χ1n) is 9.97. The first-order chi connectivity index (χ1) is 15.6. The van der Waals surface area contributed by atoms with E-state index in [-0.39, 0.29) is 6.42 Å². The van der Waals surface area contributed by atoms with E-state index in [1.807, 2.05) is 66.7 Å². The lowest BCUT2D eigenvalue weighted by Gasteiger charge is -2.06. The van der Waals surface area contributed by atoms with Gasteiger partial charge in [0.15, 0.2) is 0 Å². The molecule has 32 heavy (non-hydrogen) atoms. The minimum absolute atomic E-state index is 0.0663. The molecule has 0 aliphatic heterocycles. The third kappa shape index (κ3) is 5.51. The van der Waals surface area contributed by atoms with Gasteiger partial charge in [-0.15, -0.1) is 0 Å². The Balaban J connectivity index is 1.42. The number of hydrogen-bond donors (Lipinski definition) is 2. The molecule has 0 saturated carbocycles. The van der Waals surface area contributed by atoms with Crippen LogP contribution in [0.5, 0.6) is 11.5 Å². The summed E-state index contributed by atoms with van der Waals surface area (Å²) in [6.07, 6.45) is 0.0663. The van der Waals surface area contributed by atoms with Crippen molar-refractivity contribution in [3.63, 3.8) is 0 Å². The highest BCUT2D eigenvalue weighted by Crippen LogP contribution is 2.30. The van der Waals surface area contributed by atoms with Crippen LogP contribution in [0, 0.1) is 0 Å². The van der Waals surface area contributed by atoms with Crippen molar-refractivity contribution in [3.05, 3.63) is 83.4 Å². The fourth-order valence-corrected chi connectivity index (χ4v) is 3.31. The number of rotatable bonds is 9. The molecule has 7 nitrogen and oxygen atoms in total. The van der Waals surface area contributed by atoms with Crippen LogP contribution in [0.25, 0.3) is 22.8 Å². The molecule has 4 rings (SSSR count). The van der Waals surface area contributed by atoms with Gasteiger partial charge in [-0.25, -0.2) is 0 Å². The minimum Gasteiger partial charge on any atom is -0.481 e. The van der Waals surface area contributed by atoms with Crippen LogP contribution in [0.2, 0.25) is 5.02 Å². The van der Waals surface area contributed by atoms with Crippen molar-refractivity contribution < 1.29 is 19.2 Å². The van der Waals surface area contributed by atoms with Gasteiger partial charge in [0.2, 0.25) is 5.82 Å². The summed E-state index contributed by atoms with van der Waals surface area (Å²) >= 11 is 6.42. The number of hydrogen-bond acceptors (Lipinski definition) is 6. The Morgan fingerprint density at radius 3 is 2.50 bits per heavy atom. The van der Waals surface area contributed by atoms with Crippen LogP contribution in [0.3, 0.4) is 0 Å². The molecule has 8 heteroatoms. The molecular formula is C24H20ClN3O4. The first-order valence-corrected chi connectivity index (χ1v) is 10.3. The number of aliphatic carboxylic acids is 1. The van der Waals surface area contributed by atoms with Crippen molar-refractivity contribution in [1.29, 1.82) is 0 Å². The maximum atomic E-state index is 10.6. The lowest BCUT2D eigenvalue weighted by atomic mass is 10.1. The number of halogens is 1. The Kier molecular flexibility index (Phi) is 6.79. The Labute approximate surface area is 189 Å². The zero-order chi connectivity index (χ0) is 22.3. The fraction of sp³-hybridized carbons (Fsp3) is 0.125. The number of carboxylic acid groups (broad SMARTS) is 1. The van der Waals surface area contributed by atoms with Gasteiger partial charge in [0.1, 0.15) is 11.5 Å². The summed E-state index contributed by atoms with van der Waals surface area (Å²) in [4.78, 5) is 15.0. The van der Waals surface area contributed by atoms with Gasteiger partial charge in [-0.3, -0.25) is 4.79 Å². The van der Waals surface area contributed by atoms with Crippen molar-refractivity contribution >= 4 is 17.6 Å². The van der Waals surface area contributed by atoms with E-state index in [1.54, 1.807) is 6.07 Å². The number of carbonyl (C=O) groups is 1. The number of ether oxygens (including phenoxy) is 1. The molecular weight excluding hydrogens is 430 g/mol. The van der Waals surface area contributed by atoms with E-state index in [4.69, 9.17) is 26.0 Å². The topological polar surface area (TPSA) is 97.5 Å². The van der Waals surface area contributed by atoms with Gasteiger partial charge in [0.25, 0.3) is 5.89 Å². The average Bonchev–Trinajstić information content (AvgIpc) is 3.28. The smallest absolute Gasteiger partial charge is 0.304 e. The standard InChI is InChI=1S/C24H20ClN3O4/c25-21-14-16(15-26-13-12-22(29)30)6-11-20(21)23-27-24(32-28-23)17-7-9-19(10-8-17)31-18-4-2-1-3-5-18/h1-11,14,26H,12-13,15H2,(H,29,30). The molecule has 1 aromatic heterocycles. The highest BCUT2D eigenvalue weighted by atomic mass is 35.5. The van der Waals surface area contributed by atoms with E-state index < -0.39 is 5.97 Å². The summed E-state index contributed by atoms with van der Waals surface area (Å²) in [5.74, 6) is 1.39. The van der Waals surface area contributed by atoms with E-state index in [1.165, 1.54) is 0 Å². The molecule has 0 saturated heterocycles. The van der Waals surface area contributed by atoms with E-state index in [9.17, 15) is 4.79 Å². The van der Waals surface area contributed by atoms with E-state index >= 15 is 0 Å². The predicted octanol–water partition coefficient (Wildman–Crippen LogP) is 5.41. The molecule has 162 valence electrons. The molecule has 0 unspecified atom stereocenters. The molecule has 0 fully saturated rings. The highest BCUT2D eigenvalue weighted by Gasteiger charge is 2.14. The minimum atomic E-state index is -0.836. The Hall–Kier alpha value is -3.68. The van der Waals surface area contributed by atoms with Crippen LogP contribution in [0.4, 0.5) is 0 Å². The highest BCUT2D eigenvalue weighted by molar-refractivity contribution is 6.33. The quantitative estimate of drug-likeness (QED) is 0.329. The average molecular weight is 450 g/mol. The molecule has 0 aliphatic rings. The van der Waals surface area contributed by atoms with Gasteiger partial charge < -0.3 is 19.7 Å². The van der Waals surface area contributed by atoms with Crippen molar-refractivity contribution in [2.75, 3.05) is 6.54 Å². The first kappa shape index (κ1) is 21.5. The molecule has 0 amide bonds. The maximum absolute atomic E-state index is 10.6. The largest absolute Gasteiger partial charge is 0.481 e. The third-order valence-corrected chi connectivity index (χ3v) is 4.94. The van der Waals surface area contributed by atoms with E-state index in [0.29, 0.717) is 41.1 Å². The second-order valence-corrected chi connectivity index (χ2v) is 7.40. The normalized spacial score (nSPS) is 10.8. The summed E-state index contributed by atoms with van der Waals surface area (Å²) < 4.78 is 11.2. The monoisotopic (exact) mass is 449 g/mol. The Bertz CT molecular complexity index is 1190. The number of nitrogens with one attached hydrogen (secondary N) is 1. The van der Waals surface area contributed by atoms with Crippen LogP contribution in [0.1, 0.15) is 12.0 Å². The van der Waals surface area contributed by atoms with Crippen LogP contribution < -0.4 is 10.1 Å². The summed E-state index contributed by atoms with van der Waals surface area (Å²) in [5.41, 5.74) is 2.35. The zero-order valence-electron chi connectivity index (χ0n) is 17.0. The van der Waals surface area contributed by atoms with Gasteiger partial charge in [-0.05, 0) is 54.1 Å². The lowest BCUT2D eigenvalue weighted by molar-refractivity contribution is -0.136. The van der Waals surface area contributed by atoms with Crippen LogP contribution >= 0.6 is 11.6 Å². The Morgan fingerprint density at radius 2 is 1.78 bits per heavy atom. The Morgan fingerprint density at radius 1 is 1.03 bits per heavy atom. The second kappa shape index (κ2) is 10.1. The summed E-state index contributed by atoms with van der Waals surface area (Å²) in [6, 6.07) is 22.4. The van der Waals surface area contributed by atoms with E-state index in [2.05, 4.69) is 15.5 Å². The molecule has 4 aromatic rings. The second-order valence-electron chi connectivity index (χ2n) is 7.00. The third-order valence-electron chi connectivity index (χ3n) is 4.63. The molecule has 3 aromatic carbocycles. The zero-order valence-corrected chi connectivity index (χ0v) is 17.7. The molecule has 0 bridgehead atoms. The summed E-state index contributed by atoms with van der Waals surface area (Å²) in [6.45, 7) is 0.903. The lowest BCUT2D eigenvalue weighted by Crippen LogP contribution is -2.17. The van der Waals surface area contributed by atoms with Crippen molar-refractivity contribution in [2.24, 2.45) is 0 Å². The molecule has 0 atom stereocenters. The SMILES string of the molecule is O=C(O)CCNCc1ccc(-c2noc(-c3ccc(Oc4ccccc4)cc3)n2)c(Cl)c1. The van der Waals surface area contributed by atoms with Gasteiger partial charge in [-0.1, -0.05) is 41.0 Å². The fourth-order valence-electron chi connectivity index (χ4n) is 3.02. The molecule has 1 heterocycles. The van der Waals surface area contributed by atoms with Crippen LogP contribution in [-0.2, 0) is 11.3 Å². The predicted molar refractivity (Wildman–Crippen MR) is 121 cm³/mol. The number of nitrogens with zero attached hydrogens (tertiary/aromatic N) is 2. The maximum Gasteiger partial charge on any atom is 0.304 e. The van der Waals surface area contributed by atoms with Gasteiger partial charge in [0, 0.05) is 24.2 Å². The van der Waals surface area contributed by atoms with Crippen LogP contribution in [-0.4, -0.2) is 27.8 Å². The van der Waals surface area contributed by atoms with E-state index in [0.717, 1.165) is 16.9 Å². The number of carboxylic acids is 1.